The fourth-order valence-electron chi connectivity index (χ4n) is 2.58. The van der Waals surface area contributed by atoms with E-state index in [1.54, 1.807) is 0 Å². The van der Waals surface area contributed by atoms with Crippen LogP contribution >= 0.6 is 0 Å². The van der Waals surface area contributed by atoms with Crippen molar-refractivity contribution in [3.63, 3.8) is 0 Å². The summed E-state index contributed by atoms with van der Waals surface area (Å²) < 4.78 is 52.1. The van der Waals surface area contributed by atoms with E-state index in [0.717, 1.165) is 11.0 Å². The third-order valence-electron chi connectivity index (χ3n) is 3.66. The Labute approximate surface area is 119 Å². The molecule has 0 saturated carbocycles. The van der Waals surface area contributed by atoms with Gasteiger partial charge >= 0.3 is 6.18 Å². The van der Waals surface area contributed by atoms with E-state index in [9.17, 15) is 27.5 Å². The molecule has 0 spiro atoms. The number of alkyl halides is 3. The van der Waals surface area contributed by atoms with Crippen molar-refractivity contribution in [2.24, 2.45) is 5.92 Å². The number of nitrogens with zero attached hydrogens (tertiary/aromatic N) is 1. The normalized spacial score (nSPS) is 19.7. The van der Waals surface area contributed by atoms with Gasteiger partial charge in [-0.25, -0.2) is 4.39 Å². The fraction of sp³-hybridized carbons (Fsp3) is 0.500. The topological polar surface area (TPSA) is 40.5 Å². The molecule has 1 aromatic carbocycles. The Bertz CT molecular complexity index is 533. The molecule has 1 amide bonds. The highest BCUT2D eigenvalue weighted by molar-refractivity contribution is 5.96. The molecule has 2 rings (SSSR count). The second-order valence-electron chi connectivity index (χ2n) is 5.25. The zero-order chi connectivity index (χ0) is 15.8. The zero-order valence-electron chi connectivity index (χ0n) is 11.4. The van der Waals surface area contributed by atoms with Crippen molar-refractivity contribution in [2.75, 3.05) is 13.1 Å². The summed E-state index contributed by atoms with van der Waals surface area (Å²) in [7, 11) is 0. The van der Waals surface area contributed by atoms with Gasteiger partial charge in [0.15, 0.2) is 0 Å². The number of piperidine rings is 1. The van der Waals surface area contributed by atoms with Crippen LogP contribution in [-0.4, -0.2) is 35.2 Å². The molecule has 1 aliphatic heterocycles. The van der Waals surface area contributed by atoms with Crippen molar-refractivity contribution in [1.29, 1.82) is 0 Å². The maximum Gasteiger partial charge on any atom is 0.393 e. The molecule has 0 bridgehead atoms. The Hall–Kier alpha value is -1.79. The van der Waals surface area contributed by atoms with E-state index >= 15 is 0 Å². The molecule has 116 valence electrons. The molecule has 1 N–H and O–H groups in total. The molecule has 0 aromatic heterocycles. The number of carbonyl (C=O) groups is 1. The minimum absolute atomic E-state index is 0.0235. The van der Waals surface area contributed by atoms with E-state index in [-0.39, 0.29) is 36.3 Å². The Morgan fingerprint density at radius 2 is 2.05 bits per heavy atom. The number of benzene rings is 1. The Morgan fingerprint density at radius 3 is 2.62 bits per heavy atom. The first-order valence-corrected chi connectivity index (χ1v) is 6.55. The van der Waals surface area contributed by atoms with Crippen molar-refractivity contribution >= 4 is 5.91 Å². The Kier molecular flexibility index (Phi) is 4.11. The van der Waals surface area contributed by atoms with E-state index in [1.165, 1.54) is 13.0 Å². The Morgan fingerprint density at radius 1 is 1.38 bits per heavy atom. The van der Waals surface area contributed by atoms with Gasteiger partial charge in [0, 0.05) is 19.2 Å². The summed E-state index contributed by atoms with van der Waals surface area (Å²) in [5.74, 6) is -3.59. The predicted octanol–water partition coefficient (Wildman–Crippen LogP) is 3.25. The number of carbonyl (C=O) groups excluding carboxylic acids is 1. The van der Waals surface area contributed by atoms with Crippen LogP contribution in [-0.2, 0) is 0 Å². The second-order valence-corrected chi connectivity index (χ2v) is 5.25. The van der Waals surface area contributed by atoms with Crippen molar-refractivity contribution in [2.45, 2.75) is 25.9 Å². The highest BCUT2D eigenvalue weighted by Gasteiger charge is 2.43. The van der Waals surface area contributed by atoms with Gasteiger partial charge < -0.3 is 10.0 Å². The van der Waals surface area contributed by atoms with Crippen molar-refractivity contribution < 1.29 is 27.5 Å². The van der Waals surface area contributed by atoms with Gasteiger partial charge in [-0.05, 0) is 31.4 Å². The molecular weight excluding hydrogens is 290 g/mol. The molecule has 7 heteroatoms. The molecule has 1 aromatic rings. The lowest BCUT2D eigenvalue weighted by Gasteiger charge is -2.34. The van der Waals surface area contributed by atoms with E-state index in [0.29, 0.717) is 0 Å². The SMILES string of the molecule is Cc1cc(O)cc(F)c1C(=O)N1CCCC(C(F)(F)F)C1. The molecule has 1 saturated heterocycles. The largest absolute Gasteiger partial charge is 0.508 e. The third kappa shape index (κ3) is 3.28. The first-order valence-electron chi connectivity index (χ1n) is 6.55. The van der Waals surface area contributed by atoms with Gasteiger partial charge in [-0.15, -0.1) is 0 Å². The van der Waals surface area contributed by atoms with Gasteiger partial charge in [-0.3, -0.25) is 4.79 Å². The van der Waals surface area contributed by atoms with Crippen LogP contribution in [0.5, 0.6) is 5.75 Å². The summed E-state index contributed by atoms with van der Waals surface area (Å²) in [4.78, 5) is 13.3. The fourth-order valence-corrected chi connectivity index (χ4v) is 2.58. The predicted molar refractivity (Wildman–Crippen MR) is 67.5 cm³/mol. The quantitative estimate of drug-likeness (QED) is 0.809. The average molecular weight is 305 g/mol. The summed E-state index contributed by atoms with van der Waals surface area (Å²) in [6, 6.07) is 1.99. The number of aromatic hydroxyl groups is 1. The number of amides is 1. The molecule has 1 aliphatic rings. The number of phenolic OH excluding ortho intramolecular Hbond substituents is 1. The van der Waals surface area contributed by atoms with Crippen LogP contribution in [0.15, 0.2) is 12.1 Å². The lowest BCUT2D eigenvalue weighted by atomic mass is 9.96. The average Bonchev–Trinajstić information content (AvgIpc) is 2.36. The first-order chi connectivity index (χ1) is 9.70. The van der Waals surface area contributed by atoms with Crippen molar-refractivity contribution in [3.8, 4) is 5.75 Å². The van der Waals surface area contributed by atoms with Crippen molar-refractivity contribution in [3.05, 3.63) is 29.1 Å². The number of rotatable bonds is 1. The van der Waals surface area contributed by atoms with Gasteiger partial charge in [0.2, 0.25) is 0 Å². The smallest absolute Gasteiger partial charge is 0.393 e. The minimum atomic E-state index is -4.36. The number of hydrogen-bond donors (Lipinski definition) is 1. The number of halogens is 4. The zero-order valence-corrected chi connectivity index (χ0v) is 11.4. The monoisotopic (exact) mass is 305 g/mol. The molecule has 0 radical (unpaired) electrons. The number of aryl methyl sites for hydroxylation is 1. The highest BCUT2D eigenvalue weighted by atomic mass is 19.4. The maximum absolute atomic E-state index is 13.8. The lowest BCUT2D eigenvalue weighted by Crippen LogP contribution is -2.45. The van der Waals surface area contributed by atoms with Crippen LogP contribution in [0.3, 0.4) is 0 Å². The molecule has 0 aliphatic carbocycles. The molecular formula is C14H15F4NO2. The maximum atomic E-state index is 13.8. The molecule has 1 atom stereocenters. The molecule has 1 heterocycles. The van der Waals surface area contributed by atoms with Crippen molar-refractivity contribution in [1.82, 2.24) is 4.90 Å². The summed E-state index contributed by atoms with van der Waals surface area (Å²) in [6.45, 7) is 1.15. The van der Waals surface area contributed by atoms with Gasteiger partial charge in [-0.2, -0.15) is 13.2 Å². The molecule has 1 unspecified atom stereocenters. The Balaban J connectivity index is 2.24. The van der Waals surface area contributed by atoms with Crippen LogP contribution in [0.2, 0.25) is 0 Å². The number of likely N-dealkylation sites (tertiary alicyclic amines) is 1. The van der Waals surface area contributed by atoms with Gasteiger partial charge in [0.1, 0.15) is 11.6 Å². The van der Waals surface area contributed by atoms with Gasteiger partial charge in [-0.1, -0.05) is 0 Å². The van der Waals surface area contributed by atoms with Gasteiger partial charge in [0.25, 0.3) is 5.91 Å². The highest BCUT2D eigenvalue weighted by Crippen LogP contribution is 2.34. The number of phenols is 1. The molecule has 21 heavy (non-hydrogen) atoms. The molecule has 3 nitrogen and oxygen atoms in total. The van der Waals surface area contributed by atoms with E-state index in [2.05, 4.69) is 0 Å². The standard InChI is InChI=1S/C14H15F4NO2/c1-8-5-10(20)6-11(15)12(8)13(21)19-4-2-3-9(7-19)14(16,17)18/h5-6,9,20H,2-4,7H2,1H3. The first kappa shape index (κ1) is 15.6. The molecule has 1 fully saturated rings. The van der Waals surface area contributed by atoms with Gasteiger partial charge in [0.05, 0.1) is 11.5 Å². The van der Waals surface area contributed by atoms with E-state index < -0.39 is 30.4 Å². The van der Waals surface area contributed by atoms with E-state index in [1.807, 2.05) is 0 Å². The summed E-state index contributed by atoms with van der Waals surface area (Å²) in [5.41, 5.74) is -0.0812. The minimum Gasteiger partial charge on any atom is -0.508 e. The summed E-state index contributed by atoms with van der Waals surface area (Å²) in [6.07, 6.45) is -4.15. The van der Waals surface area contributed by atoms with E-state index in [4.69, 9.17) is 0 Å². The summed E-state index contributed by atoms with van der Waals surface area (Å²) >= 11 is 0. The van der Waals surface area contributed by atoms with Crippen LogP contribution < -0.4 is 0 Å². The van der Waals surface area contributed by atoms with Crippen LogP contribution in [0.1, 0.15) is 28.8 Å². The third-order valence-corrected chi connectivity index (χ3v) is 3.66. The number of hydrogen-bond acceptors (Lipinski definition) is 2. The van der Waals surface area contributed by atoms with Crippen LogP contribution in [0.25, 0.3) is 0 Å². The van der Waals surface area contributed by atoms with Crippen LogP contribution in [0.4, 0.5) is 17.6 Å². The van der Waals surface area contributed by atoms with Crippen LogP contribution in [0, 0.1) is 18.7 Å². The second kappa shape index (κ2) is 5.54. The lowest BCUT2D eigenvalue weighted by molar-refractivity contribution is -0.184. The summed E-state index contributed by atoms with van der Waals surface area (Å²) in [5, 5.41) is 9.25.